The molecule has 0 bridgehead atoms. The molecule has 1 aromatic carbocycles. The van der Waals surface area contributed by atoms with Gasteiger partial charge in [0.15, 0.2) is 4.96 Å². The molecule has 33 heavy (non-hydrogen) atoms. The number of carbonyl (C=O) groups is 1. The van der Waals surface area contributed by atoms with Crippen LogP contribution in [0.1, 0.15) is 65.7 Å². The zero-order valence-electron chi connectivity index (χ0n) is 18.3. The average molecular weight is 480 g/mol. The molecule has 0 unspecified atom stereocenters. The summed E-state index contributed by atoms with van der Waals surface area (Å²) in [4.78, 5) is 37.4. The van der Waals surface area contributed by atoms with E-state index in [0.717, 1.165) is 72.3 Å². The van der Waals surface area contributed by atoms with Crippen LogP contribution in [0.25, 0.3) is 15.2 Å². The highest BCUT2D eigenvalue weighted by Crippen LogP contribution is 2.41. The first-order valence-corrected chi connectivity index (χ1v) is 13.4. The van der Waals surface area contributed by atoms with E-state index in [4.69, 9.17) is 9.72 Å². The standard InChI is InChI=1S/C25H25N3O3S2/c29-22-13-15(26-25-28(22)19-10-4-6-12-21(19)33-25)14-31-24(30)17-8-2-1-7-16(17)23-27-18-9-3-5-11-20(18)32-23/h3,5,9,11,13,16-17H,1-2,4,6-8,10,12,14H2/t16-,17+/m0/s1. The molecule has 4 aromatic rings. The number of benzene rings is 1. The number of carbonyl (C=O) groups excluding carboxylic acids is 1. The molecular weight excluding hydrogens is 454 g/mol. The van der Waals surface area contributed by atoms with Crippen LogP contribution in [0.15, 0.2) is 35.1 Å². The lowest BCUT2D eigenvalue weighted by Gasteiger charge is -2.28. The monoisotopic (exact) mass is 479 g/mol. The number of hydrogen-bond acceptors (Lipinski definition) is 7. The van der Waals surface area contributed by atoms with E-state index in [1.807, 2.05) is 18.2 Å². The van der Waals surface area contributed by atoms with Crippen molar-refractivity contribution >= 4 is 43.8 Å². The highest BCUT2D eigenvalue weighted by molar-refractivity contribution is 7.18. The Morgan fingerprint density at radius 3 is 2.82 bits per heavy atom. The summed E-state index contributed by atoms with van der Waals surface area (Å²) in [7, 11) is 0. The lowest BCUT2D eigenvalue weighted by atomic mass is 9.79. The van der Waals surface area contributed by atoms with E-state index < -0.39 is 0 Å². The highest BCUT2D eigenvalue weighted by Gasteiger charge is 2.35. The van der Waals surface area contributed by atoms with Gasteiger partial charge in [-0.25, -0.2) is 9.97 Å². The van der Waals surface area contributed by atoms with E-state index in [0.29, 0.717) is 10.7 Å². The fourth-order valence-corrected chi connectivity index (χ4v) is 7.62. The summed E-state index contributed by atoms with van der Waals surface area (Å²) in [5, 5.41) is 1.03. The zero-order chi connectivity index (χ0) is 22.4. The lowest BCUT2D eigenvalue weighted by Crippen LogP contribution is -2.28. The van der Waals surface area contributed by atoms with Gasteiger partial charge in [-0.15, -0.1) is 22.7 Å². The second-order valence-electron chi connectivity index (χ2n) is 9.01. The first kappa shape index (κ1) is 21.0. The van der Waals surface area contributed by atoms with Crippen LogP contribution in [0.2, 0.25) is 0 Å². The number of rotatable bonds is 4. The predicted molar refractivity (Wildman–Crippen MR) is 130 cm³/mol. The van der Waals surface area contributed by atoms with E-state index >= 15 is 0 Å². The van der Waals surface area contributed by atoms with Crippen LogP contribution in [0.3, 0.4) is 0 Å². The largest absolute Gasteiger partial charge is 0.459 e. The molecule has 0 amide bonds. The van der Waals surface area contributed by atoms with Crippen LogP contribution < -0.4 is 5.56 Å². The number of nitrogens with zero attached hydrogens (tertiary/aromatic N) is 3. The smallest absolute Gasteiger partial charge is 0.310 e. The van der Waals surface area contributed by atoms with Crippen molar-refractivity contribution in [3.63, 3.8) is 0 Å². The fraction of sp³-hybridized carbons (Fsp3) is 0.440. The van der Waals surface area contributed by atoms with Crippen molar-refractivity contribution in [1.29, 1.82) is 0 Å². The van der Waals surface area contributed by atoms with Gasteiger partial charge >= 0.3 is 5.97 Å². The van der Waals surface area contributed by atoms with Crippen LogP contribution in [0.4, 0.5) is 0 Å². The maximum absolute atomic E-state index is 13.1. The molecule has 8 heteroatoms. The summed E-state index contributed by atoms with van der Waals surface area (Å²) >= 11 is 3.28. The number of thiazole rings is 2. The second-order valence-corrected chi connectivity index (χ2v) is 11.1. The van der Waals surface area contributed by atoms with Crippen molar-refractivity contribution in [1.82, 2.24) is 14.4 Å². The summed E-state index contributed by atoms with van der Waals surface area (Å²) in [5.74, 6) is -0.307. The molecule has 6 nitrogen and oxygen atoms in total. The lowest BCUT2D eigenvalue weighted by molar-refractivity contribution is -0.151. The van der Waals surface area contributed by atoms with E-state index in [1.54, 1.807) is 27.1 Å². The molecule has 0 spiro atoms. The zero-order valence-corrected chi connectivity index (χ0v) is 19.9. The molecule has 3 aromatic heterocycles. The molecule has 3 heterocycles. The van der Waals surface area contributed by atoms with Crippen molar-refractivity contribution in [2.24, 2.45) is 5.92 Å². The number of ether oxygens (including phenoxy) is 1. The van der Waals surface area contributed by atoms with E-state index in [2.05, 4.69) is 11.1 Å². The quantitative estimate of drug-likeness (QED) is 0.373. The number of para-hydroxylation sites is 1. The first-order chi connectivity index (χ1) is 16.2. The minimum atomic E-state index is -0.202. The maximum atomic E-state index is 13.1. The molecule has 170 valence electrons. The van der Waals surface area contributed by atoms with Gasteiger partial charge in [-0.2, -0.15) is 0 Å². The number of aromatic nitrogens is 3. The Hall–Kier alpha value is -2.58. The van der Waals surface area contributed by atoms with Gasteiger partial charge in [0.2, 0.25) is 0 Å². The average Bonchev–Trinajstić information content (AvgIpc) is 3.44. The van der Waals surface area contributed by atoms with E-state index in [-0.39, 0.29) is 30.0 Å². The van der Waals surface area contributed by atoms with Crippen molar-refractivity contribution in [3.05, 3.63) is 62.0 Å². The van der Waals surface area contributed by atoms with Gasteiger partial charge in [-0.1, -0.05) is 25.0 Å². The molecule has 1 fully saturated rings. The molecule has 0 N–H and O–H groups in total. The second kappa shape index (κ2) is 8.65. The molecule has 0 aliphatic heterocycles. The van der Waals surface area contributed by atoms with Crippen molar-refractivity contribution in [2.75, 3.05) is 0 Å². The number of esters is 1. The normalized spacial score (nSPS) is 20.7. The fourth-order valence-electron chi connectivity index (χ4n) is 5.22. The Balaban J connectivity index is 1.21. The topological polar surface area (TPSA) is 73.6 Å². The van der Waals surface area contributed by atoms with E-state index in [1.165, 1.54) is 10.9 Å². The molecule has 1 saturated carbocycles. The third-order valence-corrected chi connectivity index (χ3v) is 9.18. The van der Waals surface area contributed by atoms with Gasteiger partial charge in [0.25, 0.3) is 5.56 Å². The van der Waals surface area contributed by atoms with Crippen LogP contribution >= 0.6 is 22.7 Å². The van der Waals surface area contributed by atoms with Crippen molar-refractivity contribution < 1.29 is 9.53 Å². The highest BCUT2D eigenvalue weighted by atomic mass is 32.1. The molecule has 2 aliphatic carbocycles. The van der Waals surface area contributed by atoms with Gasteiger partial charge < -0.3 is 4.74 Å². The predicted octanol–water partition coefficient (Wildman–Crippen LogP) is 5.26. The van der Waals surface area contributed by atoms with Crippen molar-refractivity contribution in [3.8, 4) is 0 Å². The summed E-state index contributed by atoms with van der Waals surface area (Å²) in [5.41, 5.74) is 2.56. The summed E-state index contributed by atoms with van der Waals surface area (Å²) in [6.45, 7) is 0.0379. The van der Waals surface area contributed by atoms with Gasteiger partial charge in [-0.3, -0.25) is 14.0 Å². The Bertz CT molecular complexity index is 1370. The molecule has 2 atom stereocenters. The molecule has 0 radical (unpaired) electrons. The summed E-state index contributed by atoms with van der Waals surface area (Å²) in [6, 6.07) is 9.64. The maximum Gasteiger partial charge on any atom is 0.310 e. The van der Waals surface area contributed by atoms with Crippen molar-refractivity contribution in [2.45, 2.75) is 63.9 Å². The third kappa shape index (κ3) is 3.89. The van der Waals surface area contributed by atoms with Crippen LogP contribution in [0, 0.1) is 5.92 Å². The van der Waals surface area contributed by atoms with Crippen LogP contribution in [-0.4, -0.2) is 20.3 Å². The SMILES string of the molecule is O=C(OCc1cc(=O)n2c3c(sc2n1)CCCC3)[C@@H]1CCCC[C@@H]1c1nc2ccccc2s1. The first-order valence-electron chi connectivity index (χ1n) is 11.7. The Morgan fingerprint density at radius 1 is 1.06 bits per heavy atom. The Kier molecular flexibility index (Phi) is 5.50. The summed E-state index contributed by atoms with van der Waals surface area (Å²) < 4.78 is 8.63. The van der Waals surface area contributed by atoms with Gasteiger partial charge in [0, 0.05) is 22.6 Å². The molecule has 6 rings (SSSR count). The number of aryl methyl sites for hydroxylation is 2. The third-order valence-electron chi connectivity index (χ3n) is 6.87. The Labute approximate surface area is 199 Å². The van der Waals surface area contributed by atoms with Gasteiger partial charge in [-0.05, 0) is 50.7 Å². The molecule has 2 aliphatic rings. The van der Waals surface area contributed by atoms with E-state index in [9.17, 15) is 9.59 Å². The van der Waals surface area contributed by atoms with Crippen LogP contribution in [0.5, 0.6) is 0 Å². The van der Waals surface area contributed by atoms with Gasteiger partial charge in [0.1, 0.15) is 6.61 Å². The van der Waals surface area contributed by atoms with Gasteiger partial charge in [0.05, 0.1) is 26.8 Å². The molecule has 0 saturated heterocycles. The minimum Gasteiger partial charge on any atom is -0.459 e. The number of fused-ring (bicyclic) bond motifs is 4. The summed E-state index contributed by atoms with van der Waals surface area (Å²) in [6.07, 6.45) is 8.11. The Morgan fingerprint density at radius 2 is 1.91 bits per heavy atom. The minimum absolute atomic E-state index is 0.0379. The molecular formula is C25H25N3O3S2. The van der Waals surface area contributed by atoms with Crippen LogP contribution in [-0.2, 0) is 29.0 Å². The number of hydrogen-bond donors (Lipinski definition) is 0.